The molecule has 24 heavy (non-hydrogen) atoms. The average Bonchev–Trinajstić information content (AvgIpc) is 3.16. The van der Waals surface area contributed by atoms with E-state index in [9.17, 15) is 4.79 Å². The van der Waals surface area contributed by atoms with Crippen molar-refractivity contribution in [2.45, 2.75) is 4.90 Å². The molecule has 1 amide bonds. The topological polar surface area (TPSA) is 51.1 Å². The largest absolute Gasteiger partial charge is 0.454 e. The fraction of sp³-hybridized carbons (Fsp3) is 0.111. The Morgan fingerprint density at radius 1 is 1.12 bits per heavy atom. The SMILES string of the molecule is CN1C(=O)/C(=C/c2ccc3c(c2)OCO3)N=C1Sc1ccccc1. The number of hydrogen-bond acceptors (Lipinski definition) is 5. The molecule has 0 unspecified atom stereocenters. The fourth-order valence-electron chi connectivity index (χ4n) is 2.42. The first kappa shape index (κ1) is 14.8. The summed E-state index contributed by atoms with van der Waals surface area (Å²) in [5.41, 5.74) is 1.26. The molecular formula is C18H14N2O3S. The normalized spacial score (nSPS) is 17.5. The van der Waals surface area contributed by atoms with Crippen LogP contribution >= 0.6 is 11.8 Å². The minimum absolute atomic E-state index is 0.119. The summed E-state index contributed by atoms with van der Waals surface area (Å²) in [5, 5.41) is 0.665. The van der Waals surface area contributed by atoms with Gasteiger partial charge in [0, 0.05) is 11.9 Å². The fourth-order valence-corrected chi connectivity index (χ4v) is 3.29. The first-order valence-electron chi connectivity index (χ1n) is 7.42. The number of ether oxygens (including phenoxy) is 2. The summed E-state index contributed by atoms with van der Waals surface area (Å²) in [5.74, 6) is 1.29. The molecule has 0 fully saturated rings. The number of aliphatic imine (C=N–C) groups is 1. The Labute approximate surface area is 143 Å². The molecule has 0 spiro atoms. The van der Waals surface area contributed by atoms with E-state index in [2.05, 4.69) is 4.99 Å². The van der Waals surface area contributed by atoms with E-state index in [1.807, 2.05) is 48.5 Å². The van der Waals surface area contributed by atoms with Crippen LogP contribution in [0.1, 0.15) is 5.56 Å². The molecule has 0 atom stereocenters. The highest BCUT2D eigenvalue weighted by molar-refractivity contribution is 8.13. The van der Waals surface area contributed by atoms with Crippen LogP contribution < -0.4 is 9.47 Å². The molecule has 2 aliphatic heterocycles. The van der Waals surface area contributed by atoms with Gasteiger partial charge in [-0.2, -0.15) is 0 Å². The molecule has 4 rings (SSSR count). The van der Waals surface area contributed by atoms with Gasteiger partial charge in [-0.25, -0.2) is 4.99 Å². The van der Waals surface area contributed by atoms with Gasteiger partial charge in [0.25, 0.3) is 5.91 Å². The summed E-state index contributed by atoms with van der Waals surface area (Å²) < 4.78 is 10.7. The number of fused-ring (bicyclic) bond motifs is 1. The molecule has 2 aliphatic rings. The molecule has 0 saturated carbocycles. The Bertz CT molecular complexity index is 862. The maximum absolute atomic E-state index is 12.4. The standard InChI is InChI=1S/C18H14N2O3S/c1-20-17(21)14(19-18(20)24-13-5-3-2-4-6-13)9-12-7-8-15-16(10-12)23-11-22-15/h2-10H,11H2,1H3/b14-9-. The second-order valence-electron chi connectivity index (χ2n) is 5.32. The van der Waals surface area contributed by atoms with Gasteiger partial charge in [0.2, 0.25) is 6.79 Å². The van der Waals surface area contributed by atoms with Crippen LogP contribution in [-0.2, 0) is 4.79 Å². The number of rotatable bonds is 2. The molecule has 0 radical (unpaired) electrons. The maximum Gasteiger partial charge on any atom is 0.278 e. The minimum atomic E-state index is -0.119. The van der Waals surface area contributed by atoms with Gasteiger partial charge in [-0.3, -0.25) is 9.69 Å². The van der Waals surface area contributed by atoms with Crippen LogP contribution in [0.5, 0.6) is 11.5 Å². The number of carbonyl (C=O) groups excluding carboxylic acids is 1. The molecular weight excluding hydrogens is 324 g/mol. The van der Waals surface area contributed by atoms with Gasteiger partial charge in [0.05, 0.1) is 0 Å². The Morgan fingerprint density at radius 2 is 1.92 bits per heavy atom. The van der Waals surface area contributed by atoms with E-state index < -0.39 is 0 Å². The Morgan fingerprint density at radius 3 is 2.75 bits per heavy atom. The molecule has 5 nitrogen and oxygen atoms in total. The first-order valence-corrected chi connectivity index (χ1v) is 8.23. The highest BCUT2D eigenvalue weighted by Crippen LogP contribution is 2.34. The number of likely N-dealkylation sites (N-methyl/N-ethyl adjacent to an activating group) is 1. The number of amides is 1. The highest BCUT2D eigenvalue weighted by Gasteiger charge is 2.27. The number of amidine groups is 1. The molecule has 6 heteroatoms. The highest BCUT2D eigenvalue weighted by atomic mass is 32.2. The van der Waals surface area contributed by atoms with Gasteiger partial charge in [0.1, 0.15) is 5.70 Å². The summed E-state index contributed by atoms with van der Waals surface area (Å²) in [6, 6.07) is 15.4. The molecule has 2 aromatic carbocycles. The lowest BCUT2D eigenvalue weighted by molar-refractivity contribution is -0.121. The van der Waals surface area contributed by atoms with E-state index in [0.29, 0.717) is 16.6 Å². The third-order valence-corrected chi connectivity index (χ3v) is 4.73. The van der Waals surface area contributed by atoms with Gasteiger partial charge >= 0.3 is 0 Å². The molecule has 0 N–H and O–H groups in total. The Balaban J connectivity index is 1.61. The van der Waals surface area contributed by atoms with Crippen molar-refractivity contribution in [3.05, 3.63) is 59.8 Å². The van der Waals surface area contributed by atoms with E-state index in [-0.39, 0.29) is 12.7 Å². The molecule has 0 saturated heterocycles. The second-order valence-corrected chi connectivity index (χ2v) is 6.36. The molecule has 120 valence electrons. The molecule has 2 aromatic rings. The lowest BCUT2D eigenvalue weighted by Gasteiger charge is -2.10. The van der Waals surface area contributed by atoms with Crippen LogP contribution in [0.3, 0.4) is 0 Å². The summed E-state index contributed by atoms with van der Waals surface area (Å²) >= 11 is 1.47. The van der Waals surface area contributed by atoms with Crippen LogP contribution in [0.15, 0.2) is 64.1 Å². The summed E-state index contributed by atoms with van der Waals surface area (Å²) in [4.78, 5) is 19.5. The number of thioether (sulfide) groups is 1. The zero-order valence-corrected chi connectivity index (χ0v) is 13.7. The third kappa shape index (κ3) is 2.76. The molecule has 2 heterocycles. The van der Waals surface area contributed by atoms with Gasteiger partial charge in [0.15, 0.2) is 16.7 Å². The zero-order valence-electron chi connectivity index (χ0n) is 12.9. The molecule has 0 aliphatic carbocycles. The van der Waals surface area contributed by atoms with Crippen LogP contribution in [0.4, 0.5) is 0 Å². The minimum Gasteiger partial charge on any atom is -0.454 e. The number of nitrogens with zero attached hydrogens (tertiary/aromatic N) is 2. The maximum atomic E-state index is 12.4. The van der Waals surface area contributed by atoms with Crippen molar-refractivity contribution < 1.29 is 14.3 Å². The lowest BCUT2D eigenvalue weighted by Crippen LogP contribution is -2.25. The van der Waals surface area contributed by atoms with Crippen LogP contribution in [0, 0.1) is 0 Å². The van der Waals surface area contributed by atoms with Crippen LogP contribution in [-0.4, -0.2) is 29.8 Å². The molecule has 0 bridgehead atoms. The number of carbonyl (C=O) groups is 1. The van der Waals surface area contributed by atoms with Crippen LogP contribution in [0.2, 0.25) is 0 Å². The Kier molecular flexibility index (Phi) is 3.74. The number of benzene rings is 2. The third-order valence-electron chi connectivity index (χ3n) is 3.68. The summed E-state index contributed by atoms with van der Waals surface area (Å²) in [6.07, 6.45) is 1.76. The lowest BCUT2D eigenvalue weighted by atomic mass is 10.1. The average molecular weight is 338 g/mol. The van der Waals surface area contributed by atoms with Crippen molar-refractivity contribution in [3.63, 3.8) is 0 Å². The van der Waals surface area contributed by atoms with Crippen molar-refractivity contribution >= 4 is 28.9 Å². The van der Waals surface area contributed by atoms with E-state index in [1.165, 1.54) is 11.8 Å². The summed E-state index contributed by atoms with van der Waals surface area (Å²) in [6.45, 7) is 0.229. The molecule has 0 aromatic heterocycles. The monoisotopic (exact) mass is 338 g/mol. The van der Waals surface area contributed by atoms with Crippen molar-refractivity contribution in [2.24, 2.45) is 4.99 Å². The van der Waals surface area contributed by atoms with E-state index in [4.69, 9.17) is 9.47 Å². The smallest absolute Gasteiger partial charge is 0.278 e. The van der Waals surface area contributed by atoms with E-state index in [1.54, 1.807) is 18.0 Å². The van der Waals surface area contributed by atoms with Gasteiger partial charge in [-0.15, -0.1) is 0 Å². The first-order chi connectivity index (χ1) is 11.7. The predicted octanol–water partition coefficient (Wildman–Crippen LogP) is 3.38. The van der Waals surface area contributed by atoms with Crippen molar-refractivity contribution in [3.8, 4) is 11.5 Å². The number of hydrogen-bond donors (Lipinski definition) is 0. The summed E-state index contributed by atoms with van der Waals surface area (Å²) in [7, 11) is 1.73. The van der Waals surface area contributed by atoms with E-state index >= 15 is 0 Å². The van der Waals surface area contributed by atoms with Crippen molar-refractivity contribution in [1.82, 2.24) is 4.90 Å². The van der Waals surface area contributed by atoms with E-state index in [0.717, 1.165) is 16.2 Å². The van der Waals surface area contributed by atoms with Gasteiger partial charge in [-0.05, 0) is 35.9 Å². The van der Waals surface area contributed by atoms with Crippen LogP contribution in [0.25, 0.3) is 6.08 Å². The zero-order chi connectivity index (χ0) is 16.5. The van der Waals surface area contributed by atoms with Gasteiger partial charge < -0.3 is 9.47 Å². The predicted molar refractivity (Wildman–Crippen MR) is 93.0 cm³/mol. The van der Waals surface area contributed by atoms with Crippen molar-refractivity contribution in [1.29, 1.82) is 0 Å². The van der Waals surface area contributed by atoms with Gasteiger partial charge in [-0.1, -0.05) is 36.0 Å². The Hall–Kier alpha value is -2.73. The quantitative estimate of drug-likeness (QED) is 0.788. The second kappa shape index (κ2) is 6.05. The van der Waals surface area contributed by atoms with Crippen molar-refractivity contribution in [2.75, 3.05) is 13.8 Å².